The Morgan fingerprint density at radius 1 is 1.44 bits per heavy atom. The Morgan fingerprint density at radius 3 is 2.89 bits per heavy atom. The number of likely N-dealkylation sites (tertiary alicyclic amines) is 1. The second-order valence-electron chi connectivity index (χ2n) is 5.03. The zero-order valence-corrected chi connectivity index (χ0v) is 11.4. The number of hydrogen-bond acceptors (Lipinski definition) is 3. The summed E-state index contributed by atoms with van der Waals surface area (Å²) in [5.74, 6) is 1.13. The maximum absolute atomic E-state index is 11.8. The molecular formula is C14H21N3O. The summed E-state index contributed by atoms with van der Waals surface area (Å²) in [6, 6.07) is 4.23. The van der Waals surface area contributed by atoms with Crippen LogP contribution in [0.5, 0.6) is 0 Å². The van der Waals surface area contributed by atoms with Gasteiger partial charge in [0.05, 0.1) is 6.04 Å². The lowest BCUT2D eigenvalue weighted by Crippen LogP contribution is -2.37. The third-order valence-electron chi connectivity index (χ3n) is 3.51. The smallest absolute Gasteiger partial charge is 0.219 e. The van der Waals surface area contributed by atoms with Crippen molar-refractivity contribution in [1.29, 1.82) is 0 Å². The van der Waals surface area contributed by atoms with Crippen LogP contribution in [0.25, 0.3) is 0 Å². The van der Waals surface area contributed by atoms with Crippen molar-refractivity contribution in [3.63, 3.8) is 0 Å². The molecule has 0 spiro atoms. The van der Waals surface area contributed by atoms with Gasteiger partial charge in [-0.25, -0.2) is 4.98 Å². The van der Waals surface area contributed by atoms with Gasteiger partial charge in [-0.05, 0) is 25.3 Å². The number of carbonyl (C=O) groups is 1. The molecule has 0 bridgehead atoms. The summed E-state index contributed by atoms with van der Waals surface area (Å²) >= 11 is 0. The van der Waals surface area contributed by atoms with Gasteiger partial charge in [-0.3, -0.25) is 4.79 Å². The van der Waals surface area contributed by atoms with Gasteiger partial charge in [-0.2, -0.15) is 0 Å². The monoisotopic (exact) mass is 247 g/mol. The highest BCUT2D eigenvalue weighted by Gasteiger charge is 2.28. The van der Waals surface area contributed by atoms with Gasteiger partial charge in [0.25, 0.3) is 0 Å². The second kappa shape index (κ2) is 5.38. The quantitative estimate of drug-likeness (QED) is 0.804. The molecule has 1 aliphatic heterocycles. The Morgan fingerprint density at radius 2 is 2.22 bits per heavy atom. The molecular weight excluding hydrogens is 226 g/mol. The number of anilines is 1. The zero-order chi connectivity index (χ0) is 13.1. The molecule has 0 radical (unpaired) electrons. The molecule has 0 aliphatic carbocycles. The Hall–Kier alpha value is -1.58. The number of rotatable bonds is 2. The number of nitrogens with zero attached hydrogens (tertiary/aromatic N) is 3. The molecule has 0 N–H and O–H groups in total. The fraction of sp³-hybridized carbons (Fsp3) is 0.571. The van der Waals surface area contributed by atoms with Crippen molar-refractivity contribution < 1.29 is 4.79 Å². The molecule has 1 aromatic heterocycles. The average Bonchev–Trinajstić information content (AvgIpc) is 2.38. The van der Waals surface area contributed by atoms with Crippen LogP contribution in [0.4, 0.5) is 5.82 Å². The molecule has 18 heavy (non-hydrogen) atoms. The van der Waals surface area contributed by atoms with Crippen molar-refractivity contribution in [2.24, 2.45) is 0 Å². The van der Waals surface area contributed by atoms with Gasteiger partial charge in [-0.15, -0.1) is 0 Å². The Bertz CT molecular complexity index is 431. The molecule has 0 saturated carbocycles. The number of aromatic nitrogens is 1. The van der Waals surface area contributed by atoms with Gasteiger partial charge in [0, 0.05) is 39.3 Å². The van der Waals surface area contributed by atoms with E-state index in [1.807, 2.05) is 30.0 Å². The van der Waals surface area contributed by atoms with E-state index < -0.39 is 0 Å². The first kappa shape index (κ1) is 12.9. The van der Waals surface area contributed by atoms with Crippen molar-refractivity contribution in [3.05, 3.63) is 23.9 Å². The zero-order valence-electron chi connectivity index (χ0n) is 11.4. The lowest BCUT2D eigenvalue weighted by Gasteiger charge is -2.36. The Balaban J connectivity index is 2.36. The summed E-state index contributed by atoms with van der Waals surface area (Å²) < 4.78 is 0. The fourth-order valence-electron chi connectivity index (χ4n) is 2.67. The summed E-state index contributed by atoms with van der Waals surface area (Å²) in [5.41, 5.74) is 1.16. The largest absolute Gasteiger partial charge is 0.362 e. The summed E-state index contributed by atoms with van der Waals surface area (Å²) in [6.07, 6.45) is 5.12. The van der Waals surface area contributed by atoms with Crippen molar-refractivity contribution in [3.8, 4) is 0 Å². The highest BCUT2D eigenvalue weighted by molar-refractivity contribution is 5.74. The lowest BCUT2D eigenvalue weighted by atomic mass is 9.95. The van der Waals surface area contributed by atoms with Crippen LogP contribution in [-0.2, 0) is 4.79 Å². The van der Waals surface area contributed by atoms with Crippen LogP contribution in [0, 0.1) is 0 Å². The number of carbonyl (C=O) groups excluding carboxylic acids is 1. The number of pyridine rings is 1. The molecule has 0 unspecified atom stereocenters. The van der Waals surface area contributed by atoms with Crippen LogP contribution in [0.3, 0.4) is 0 Å². The fourth-order valence-corrected chi connectivity index (χ4v) is 2.67. The van der Waals surface area contributed by atoms with Crippen LogP contribution in [0.2, 0.25) is 0 Å². The van der Waals surface area contributed by atoms with E-state index in [4.69, 9.17) is 0 Å². The Kier molecular flexibility index (Phi) is 3.84. The maximum atomic E-state index is 11.8. The predicted molar refractivity (Wildman–Crippen MR) is 72.5 cm³/mol. The topological polar surface area (TPSA) is 36.4 Å². The minimum Gasteiger partial charge on any atom is -0.362 e. The number of piperidine rings is 1. The van der Waals surface area contributed by atoms with Crippen LogP contribution in [0.15, 0.2) is 18.3 Å². The Labute approximate surface area is 109 Å². The van der Waals surface area contributed by atoms with Crippen LogP contribution >= 0.6 is 0 Å². The van der Waals surface area contributed by atoms with E-state index in [2.05, 4.69) is 11.1 Å². The molecule has 2 rings (SSSR count). The molecule has 1 saturated heterocycles. The van der Waals surface area contributed by atoms with E-state index in [-0.39, 0.29) is 11.9 Å². The van der Waals surface area contributed by atoms with Crippen molar-refractivity contribution in [2.75, 3.05) is 25.5 Å². The van der Waals surface area contributed by atoms with E-state index in [0.29, 0.717) is 0 Å². The molecule has 4 heteroatoms. The van der Waals surface area contributed by atoms with Crippen LogP contribution in [0.1, 0.15) is 37.8 Å². The van der Waals surface area contributed by atoms with E-state index in [9.17, 15) is 4.79 Å². The molecule has 98 valence electrons. The van der Waals surface area contributed by atoms with Gasteiger partial charge < -0.3 is 9.80 Å². The van der Waals surface area contributed by atoms with E-state index >= 15 is 0 Å². The summed E-state index contributed by atoms with van der Waals surface area (Å²) in [6.45, 7) is 2.52. The van der Waals surface area contributed by atoms with Crippen molar-refractivity contribution >= 4 is 11.7 Å². The minimum atomic E-state index is 0.160. The first-order valence-corrected chi connectivity index (χ1v) is 6.50. The summed E-state index contributed by atoms with van der Waals surface area (Å²) in [5, 5.41) is 0. The first-order valence-electron chi connectivity index (χ1n) is 6.50. The van der Waals surface area contributed by atoms with Gasteiger partial charge in [-0.1, -0.05) is 6.07 Å². The first-order chi connectivity index (χ1) is 8.61. The van der Waals surface area contributed by atoms with Gasteiger partial charge in [0.15, 0.2) is 0 Å². The van der Waals surface area contributed by atoms with Crippen LogP contribution in [-0.4, -0.2) is 36.4 Å². The molecule has 4 nitrogen and oxygen atoms in total. The minimum absolute atomic E-state index is 0.160. The summed E-state index contributed by atoms with van der Waals surface area (Å²) in [4.78, 5) is 20.2. The average molecular weight is 247 g/mol. The lowest BCUT2D eigenvalue weighted by molar-refractivity contribution is -0.132. The highest BCUT2D eigenvalue weighted by Crippen LogP contribution is 2.34. The van der Waals surface area contributed by atoms with Crippen molar-refractivity contribution in [1.82, 2.24) is 9.88 Å². The number of amides is 1. The van der Waals surface area contributed by atoms with E-state index in [0.717, 1.165) is 30.8 Å². The van der Waals surface area contributed by atoms with Crippen molar-refractivity contribution in [2.45, 2.75) is 32.2 Å². The van der Waals surface area contributed by atoms with Gasteiger partial charge in [0.1, 0.15) is 5.82 Å². The third-order valence-corrected chi connectivity index (χ3v) is 3.51. The van der Waals surface area contributed by atoms with E-state index in [1.165, 1.54) is 6.42 Å². The molecule has 0 aromatic carbocycles. The maximum Gasteiger partial charge on any atom is 0.219 e. The predicted octanol–water partition coefficient (Wildman–Crippen LogP) is 2.22. The molecule has 1 aliphatic rings. The molecule has 1 atom stereocenters. The molecule has 2 heterocycles. The molecule has 1 fully saturated rings. The molecule has 1 amide bonds. The standard InChI is InChI=1S/C14H21N3O/c1-11(18)17-10-5-4-8-13(17)12-7-6-9-15-14(12)16(2)3/h6-7,9,13H,4-5,8,10H2,1-3H3/t13-/m0/s1. The van der Waals surface area contributed by atoms with Crippen LogP contribution < -0.4 is 4.90 Å². The second-order valence-corrected chi connectivity index (χ2v) is 5.03. The highest BCUT2D eigenvalue weighted by atomic mass is 16.2. The van der Waals surface area contributed by atoms with Gasteiger partial charge >= 0.3 is 0 Å². The summed E-state index contributed by atoms with van der Waals surface area (Å²) in [7, 11) is 3.99. The normalized spacial score (nSPS) is 19.7. The SMILES string of the molecule is CC(=O)N1CCCC[C@H]1c1cccnc1N(C)C. The van der Waals surface area contributed by atoms with Gasteiger partial charge in [0.2, 0.25) is 5.91 Å². The molecule has 1 aromatic rings. The third kappa shape index (κ3) is 2.47. The number of hydrogen-bond donors (Lipinski definition) is 0. The van der Waals surface area contributed by atoms with E-state index in [1.54, 1.807) is 13.1 Å².